The van der Waals surface area contributed by atoms with Gasteiger partial charge in [-0.05, 0) is 38.5 Å². The summed E-state index contributed by atoms with van der Waals surface area (Å²) in [4.78, 5) is 22.9. The molecular formula is C14H19NO5. The number of carbonyl (C=O) groups is 2. The number of nitrogens with one attached hydrogen (secondary N) is 1. The van der Waals surface area contributed by atoms with Crippen LogP contribution in [0.5, 0.6) is 5.75 Å². The van der Waals surface area contributed by atoms with Crippen molar-refractivity contribution >= 4 is 12.1 Å². The van der Waals surface area contributed by atoms with Crippen LogP contribution in [0.4, 0.5) is 4.79 Å². The summed E-state index contributed by atoms with van der Waals surface area (Å²) in [5.41, 5.74) is 0.126. The molecule has 1 aromatic rings. The van der Waals surface area contributed by atoms with Crippen LogP contribution >= 0.6 is 0 Å². The number of phenols is 1. The summed E-state index contributed by atoms with van der Waals surface area (Å²) < 4.78 is 9.64. The zero-order chi connectivity index (χ0) is 15.3. The van der Waals surface area contributed by atoms with Gasteiger partial charge in [0, 0.05) is 6.54 Å². The zero-order valence-corrected chi connectivity index (χ0v) is 12.0. The number of esters is 1. The van der Waals surface area contributed by atoms with Crippen LogP contribution in [0.15, 0.2) is 18.2 Å². The normalized spacial score (nSPS) is 10.8. The van der Waals surface area contributed by atoms with E-state index in [9.17, 15) is 14.7 Å². The van der Waals surface area contributed by atoms with Crippen molar-refractivity contribution in [3.05, 3.63) is 29.3 Å². The fourth-order valence-electron chi connectivity index (χ4n) is 1.46. The number of hydrogen-bond donors (Lipinski definition) is 2. The molecule has 2 N–H and O–H groups in total. The van der Waals surface area contributed by atoms with Crippen LogP contribution in [0.25, 0.3) is 0 Å². The van der Waals surface area contributed by atoms with Gasteiger partial charge in [-0.2, -0.15) is 0 Å². The van der Waals surface area contributed by atoms with Crippen molar-refractivity contribution in [3.8, 4) is 5.75 Å². The van der Waals surface area contributed by atoms with Crippen LogP contribution in [-0.2, 0) is 16.0 Å². The Morgan fingerprint density at radius 3 is 2.50 bits per heavy atom. The van der Waals surface area contributed by atoms with E-state index in [0.29, 0.717) is 5.56 Å². The molecule has 0 atom stereocenters. The van der Waals surface area contributed by atoms with E-state index in [0.717, 1.165) is 0 Å². The molecule has 6 nitrogen and oxygen atoms in total. The molecule has 0 saturated carbocycles. The highest BCUT2D eigenvalue weighted by atomic mass is 16.6. The number of carbonyl (C=O) groups excluding carboxylic acids is 2. The molecule has 1 rings (SSSR count). The molecule has 0 aliphatic carbocycles. The third-order valence-electron chi connectivity index (χ3n) is 2.30. The van der Waals surface area contributed by atoms with Crippen molar-refractivity contribution in [1.82, 2.24) is 5.32 Å². The van der Waals surface area contributed by atoms with Gasteiger partial charge in [0.1, 0.15) is 16.9 Å². The second kappa shape index (κ2) is 6.27. The van der Waals surface area contributed by atoms with Gasteiger partial charge in [0.05, 0.1) is 7.11 Å². The van der Waals surface area contributed by atoms with E-state index < -0.39 is 17.7 Å². The lowest BCUT2D eigenvalue weighted by molar-refractivity contribution is 0.0523. The predicted octanol–water partition coefficient (Wildman–Crippen LogP) is 2.20. The van der Waals surface area contributed by atoms with Crippen molar-refractivity contribution < 1.29 is 24.2 Å². The third kappa shape index (κ3) is 4.79. The quantitative estimate of drug-likeness (QED) is 0.830. The monoisotopic (exact) mass is 281 g/mol. The van der Waals surface area contributed by atoms with Crippen LogP contribution in [-0.4, -0.2) is 29.9 Å². The van der Waals surface area contributed by atoms with Crippen LogP contribution in [0.2, 0.25) is 0 Å². The van der Waals surface area contributed by atoms with E-state index in [-0.39, 0.29) is 17.9 Å². The number of ether oxygens (including phenoxy) is 2. The maximum absolute atomic E-state index is 11.5. The van der Waals surface area contributed by atoms with E-state index >= 15 is 0 Å². The summed E-state index contributed by atoms with van der Waals surface area (Å²) in [5.74, 6) is -0.806. The molecule has 20 heavy (non-hydrogen) atoms. The second-order valence-corrected chi connectivity index (χ2v) is 5.20. The Kier molecular flexibility index (Phi) is 4.96. The average Bonchev–Trinajstić information content (AvgIpc) is 2.35. The Bertz CT molecular complexity index is 505. The molecule has 0 radical (unpaired) electrons. The number of rotatable bonds is 3. The van der Waals surface area contributed by atoms with Gasteiger partial charge in [-0.1, -0.05) is 6.07 Å². The molecule has 1 aromatic carbocycles. The molecule has 0 bridgehead atoms. The van der Waals surface area contributed by atoms with Gasteiger partial charge in [-0.3, -0.25) is 0 Å². The van der Waals surface area contributed by atoms with E-state index in [1.807, 2.05) is 0 Å². The molecule has 110 valence electrons. The molecule has 0 fully saturated rings. The minimum atomic E-state index is -0.637. The summed E-state index contributed by atoms with van der Waals surface area (Å²) in [6.45, 7) is 5.48. The molecule has 0 aliphatic rings. The maximum Gasteiger partial charge on any atom is 0.407 e. The number of aromatic hydroxyl groups is 1. The van der Waals surface area contributed by atoms with E-state index in [2.05, 4.69) is 10.1 Å². The number of hydrogen-bond acceptors (Lipinski definition) is 5. The molecule has 0 unspecified atom stereocenters. The lowest BCUT2D eigenvalue weighted by Crippen LogP contribution is -2.32. The van der Waals surface area contributed by atoms with Crippen LogP contribution in [0.1, 0.15) is 36.7 Å². The Labute approximate surface area is 117 Å². The molecule has 0 aliphatic heterocycles. The smallest absolute Gasteiger partial charge is 0.407 e. The topological polar surface area (TPSA) is 84.9 Å². The summed E-state index contributed by atoms with van der Waals surface area (Å²) in [6.07, 6.45) is -0.551. The van der Waals surface area contributed by atoms with Crippen molar-refractivity contribution in [2.75, 3.05) is 7.11 Å². The predicted molar refractivity (Wildman–Crippen MR) is 72.5 cm³/mol. The fourth-order valence-corrected chi connectivity index (χ4v) is 1.46. The van der Waals surface area contributed by atoms with Crippen molar-refractivity contribution in [1.29, 1.82) is 0 Å². The fraction of sp³-hybridized carbons (Fsp3) is 0.429. The Morgan fingerprint density at radius 2 is 1.95 bits per heavy atom. The van der Waals surface area contributed by atoms with Crippen molar-refractivity contribution in [3.63, 3.8) is 0 Å². The zero-order valence-electron chi connectivity index (χ0n) is 12.0. The SMILES string of the molecule is COC(=O)c1cc(CNC(=O)OC(C)(C)C)ccc1O. The highest BCUT2D eigenvalue weighted by molar-refractivity contribution is 5.92. The van der Waals surface area contributed by atoms with E-state index in [1.54, 1.807) is 26.8 Å². The van der Waals surface area contributed by atoms with Gasteiger partial charge in [0.2, 0.25) is 0 Å². The largest absolute Gasteiger partial charge is 0.507 e. The van der Waals surface area contributed by atoms with Gasteiger partial charge in [-0.15, -0.1) is 0 Å². The van der Waals surface area contributed by atoms with Crippen molar-refractivity contribution in [2.24, 2.45) is 0 Å². The summed E-state index contributed by atoms with van der Waals surface area (Å²) in [7, 11) is 1.23. The Morgan fingerprint density at radius 1 is 1.30 bits per heavy atom. The van der Waals surface area contributed by atoms with Gasteiger partial charge in [0.15, 0.2) is 0 Å². The molecular weight excluding hydrogens is 262 g/mol. The molecule has 0 aromatic heterocycles. The lowest BCUT2D eigenvalue weighted by Gasteiger charge is -2.19. The van der Waals surface area contributed by atoms with Gasteiger partial charge >= 0.3 is 12.1 Å². The minimum Gasteiger partial charge on any atom is -0.507 e. The van der Waals surface area contributed by atoms with E-state index in [1.165, 1.54) is 19.2 Å². The number of benzene rings is 1. The van der Waals surface area contributed by atoms with Crippen LogP contribution < -0.4 is 5.32 Å². The number of methoxy groups -OCH3 is 1. The van der Waals surface area contributed by atoms with Gasteiger partial charge in [-0.25, -0.2) is 9.59 Å². The number of phenolic OH excluding ortho intramolecular Hbond substituents is 1. The first-order valence-corrected chi connectivity index (χ1v) is 6.10. The standard InChI is InChI=1S/C14H19NO5/c1-14(2,3)20-13(18)15-8-9-5-6-11(16)10(7-9)12(17)19-4/h5-7,16H,8H2,1-4H3,(H,15,18). The van der Waals surface area contributed by atoms with Crippen LogP contribution in [0.3, 0.4) is 0 Å². The highest BCUT2D eigenvalue weighted by Gasteiger charge is 2.16. The molecule has 0 spiro atoms. The number of alkyl carbamates (subject to hydrolysis) is 1. The van der Waals surface area contributed by atoms with E-state index in [4.69, 9.17) is 4.74 Å². The third-order valence-corrected chi connectivity index (χ3v) is 2.30. The first kappa shape index (κ1) is 15.8. The minimum absolute atomic E-state index is 0.0518. The summed E-state index contributed by atoms with van der Waals surface area (Å²) in [6, 6.07) is 4.43. The first-order valence-electron chi connectivity index (χ1n) is 6.10. The average molecular weight is 281 g/mol. The first-order chi connectivity index (χ1) is 9.23. The number of amides is 1. The second-order valence-electron chi connectivity index (χ2n) is 5.20. The summed E-state index contributed by atoms with van der Waals surface area (Å²) >= 11 is 0. The lowest BCUT2D eigenvalue weighted by atomic mass is 10.1. The van der Waals surface area contributed by atoms with Gasteiger partial charge < -0.3 is 19.9 Å². The molecule has 0 heterocycles. The van der Waals surface area contributed by atoms with Gasteiger partial charge in [0.25, 0.3) is 0 Å². The Balaban J connectivity index is 2.70. The summed E-state index contributed by atoms with van der Waals surface area (Å²) in [5, 5.41) is 12.1. The molecule has 1 amide bonds. The van der Waals surface area contributed by atoms with Crippen LogP contribution in [0, 0.1) is 0 Å². The van der Waals surface area contributed by atoms with Crippen molar-refractivity contribution in [2.45, 2.75) is 32.9 Å². The Hall–Kier alpha value is -2.24. The maximum atomic E-state index is 11.5. The molecule has 0 saturated heterocycles. The highest BCUT2D eigenvalue weighted by Crippen LogP contribution is 2.19. The molecule has 6 heteroatoms.